The van der Waals surface area contributed by atoms with Crippen LogP contribution in [0.2, 0.25) is 0 Å². The fourth-order valence-corrected chi connectivity index (χ4v) is 8.71. The van der Waals surface area contributed by atoms with Crippen LogP contribution >= 0.6 is 11.8 Å². The van der Waals surface area contributed by atoms with Gasteiger partial charge in [-0.15, -0.1) is 0 Å². The lowest BCUT2D eigenvalue weighted by molar-refractivity contribution is -0.137. The molecule has 12 heteroatoms. The van der Waals surface area contributed by atoms with Gasteiger partial charge in [-0.25, -0.2) is 0 Å². The molecule has 0 radical (unpaired) electrons. The topological polar surface area (TPSA) is 171 Å². The van der Waals surface area contributed by atoms with Crippen LogP contribution in [0.4, 0.5) is 0 Å². The second-order valence-electron chi connectivity index (χ2n) is 15.8. The number of allylic oxidation sites excluding steroid dienone is 3. The zero-order chi connectivity index (χ0) is 39.2. The third-order valence-electron chi connectivity index (χ3n) is 10.6. The van der Waals surface area contributed by atoms with E-state index >= 15 is 0 Å². The molecule has 1 spiro atoms. The van der Waals surface area contributed by atoms with Crippen molar-refractivity contribution >= 4 is 47.5 Å². The molecule has 53 heavy (non-hydrogen) atoms. The summed E-state index contributed by atoms with van der Waals surface area (Å²) >= 11 is 1.43. The Labute approximate surface area is 317 Å². The summed E-state index contributed by atoms with van der Waals surface area (Å²) in [4.78, 5) is 78.5. The van der Waals surface area contributed by atoms with Crippen LogP contribution in [-0.4, -0.2) is 82.1 Å². The SMILES string of the molecule is CC(=O)NC(CSCC1=C(C)C=C2C(=O)[C@](C)(O)C3(CC3)C(C)=C21)C(=O)NC(CC(C)C)C(=O)NC(CC(C)C)C(=O)NC(C=O)Cc1ccccc1. The molecular formula is C41H56N4O7S. The number of fused-ring (bicyclic) bond motifs is 1. The number of thioether (sulfide) groups is 1. The smallest absolute Gasteiger partial charge is 0.244 e. The third kappa shape index (κ3) is 9.75. The first-order chi connectivity index (χ1) is 24.9. The molecule has 3 aliphatic carbocycles. The van der Waals surface area contributed by atoms with Crippen molar-refractivity contribution in [1.82, 2.24) is 21.3 Å². The molecule has 288 valence electrons. The highest BCUT2D eigenvalue weighted by Gasteiger charge is 2.65. The summed E-state index contributed by atoms with van der Waals surface area (Å²) in [7, 11) is 0. The Morgan fingerprint density at radius 1 is 0.868 bits per heavy atom. The molecular weight excluding hydrogens is 693 g/mol. The fourth-order valence-electron chi connectivity index (χ4n) is 7.54. The zero-order valence-electron chi connectivity index (χ0n) is 32.3. The summed E-state index contributed by atoms with van der Waals surface area (Å²) in [5, 5.41) is 22.4. The maximum atomic E-state index is 13.8. The molecule has 5 atom stereocenters. The molecule has 1 aromatic carbocycles. The number of amides is 4. The molecule has 1 fully saturated rings. The Morgan fingerprint density at radius 2 is 1.42 bits per heavy atom. The first-order valence-corrected chi connectivity index (χ1v) is 19.7. The quantitative estimate of drug-likeness (QED) is 0.141. The van der Waals surface area contributed by atoms with E-state index in [1.54, 1.807) is 6.92 Å². The van der Waals surface area contributed by atoms with E-state index in [1.807, 2.05) is 78.0 Å². The molecule has 4 amide bonds. The Kier molecular flexibility index (Phi) is 13.7. The van der Waals surface area contributed by atoms with E-state index in [1.165, 1.54) is 18.7 Å². The first kappa shape index (κ1) is 41.7. The minimum absolute atomic E-state index is 0.00608. The van der Waals surface area contributed by atoms with Gasteiger partial charge in [0.1, 0.15) is 30.0 Å². The maximum Gasteiger partial charge on any atom is 0.244 e. The number of carbonyl (C=O) groups excluding carboxylic acids is 6. The van der Waals surface area contributed by atoms with Crippen molar-refractivity contribution in [3.8, 4) is 0 Å². The fraction of sp³-hybridized carbons (Fsp3) is 0.561. The summed E-state index contributed by atoms with van der Waals surface area (Å²) in [5.41, 5.74) is 3.23. The van der Waals surface area contributed by atoms with Crippen LogP contribution in [-0.2, 0) is 35.2 Å². The minimum Gasteiger partial charge on any atom is -0.381 e. The second-order valence-corrected chi connectivity index (χ2v) is 16.8. The molecule has 4 rings (SSSR count). The van der Waals surface area contributed by atoms with Crippen LogP contribution in [0.25, 0.3) is 0 Å². The van der Waals surface area contributed by atoms with Crippen LogP contribution in [0, 0.1) is 17.3 Å². The predicted octanol–water partition coefficient (Wildman–Crippen LogP) is 3.90. The van der Waals surface area contributed by atoms with Gasteiger partial charge in [-0.2, -0.15) is 11.8 Å². The number of hydrogen-bond acceptors (Lipinski definition) is 8. The van der Waals surface area contributed by atoms with E-state index in [0.29, 0.717) is 30.5 Å². The average Bonchev–Trinajstić information content (AvgIpc) is 3.84. The average molecular weight is 749 g/mol. The van der Waals surface area contributed by atoms with Crippen molar-refractivity contribution in [1.29, 1.82) is 0 Å². The largest absolute Gasteiger partial charge is 0.381 e. The molecule has 0 bridgehead atoms. The van der Waals surface area contributed by atoms with Gasteiger partial charge in [0.05, 0.1) is 6.04 Å². The van der Waals surface area contributed by atoms with Gasteiger partial charge < -0.3 is 31.2 Å². The lowest BCUT2D eigenvalue weighted by Gasteiger charge is -2.39. The molecule has 0 heterocycles. The highest BCUT2D eigenvalue weighted by atomic mass is 32.2. The lowest BCUT2D eigenvalue weighted by atomic mass is 9.67. The van der Waals surface area contributed by atoms with Gasteiger partial charge in [-0.3, -0.25) is 24.0 Å². The predicted molar refractivity (Wildman–Crippen MR) is 207 cm³/mol. The molecule has 0 saturated heterocycles. The highest BCUT2D eigenvalue weighted by Crippen LogP contribution is 2.65. The van der Waals surface area contributed by atoms with Crippen molar-refractivity contribution in [2.75, 3.05) is 11.5 Å². The lowest BCUT2D eigenvalue weighted by Crippen LogP contribution is -2.58. The van der Waals surface area contributed by atoms with Crippen LogP contribution in [0.15, 0.2) is 64.3 Å². The zero-order valence-corrected chi connectivity index (χ0v) is 33.1. The van der Waals surface area contributed by atoms with Gasteiger partial charge in [0.15, 0.2) is 5.78 Å². The number of benzene rings is 1. The number of rotatable bonds is 18. The molecule has 1 saturated carbocycles. The van der Waals surface area contributed by atoms with Crippen LogP contribution in [0.5, 0.6) is 0 Å². The molecule has 0 aliphatic heterocycles. The van der Waals surface area contributed by atoms with Crippen molar-refractivity contribution in [2.45, 2.75) is 117 Å². The molecule has 0 aromatic heterocycles. The number of aliphatic hydroxyl groups is 1. The van der Waals surface area contributed by atoms with E-state index in [9.17, 15) is 33.9 Å². The van der Waals surface area contributed by atoms with Gasteiger partial charge in [0.25, 0.3) is 0 Å². The first-order valence-electron chi connectivity index (χ1n) is 18.6. The number of nitrogens with one attached hydrogen (secondary N) is 4. The van der Waals surface area contributed by atoms with Crippen LogP contribution in [0.1, 0.15) is 86.6 Å². The van der Waals surface area contributed by atoms with E-state index in [4.69, 9.17) is 0 Å². The van der Waals surface area contributed by atoms with Crippen molar-refractivity contribution < 1.29 is 33.9 Å². The van der Waals surface area contributed by atoms with Crippen LogP contribution < -0.4 is 21.3 Å². The summed E-state index contributed by atoms with van der Waals surface area (Å²) in [5.74, 6) is -1.51. The Bertz CT molecular complexity index is 1690. The third-order valence-corrected chi connectivity index (χ3v) is 11.6. The molecule has 3 aliphatic rings. The number of aldehydes is 1. The Balaban J connectivity index is 1.44. The number of ketones is 1. The molecule has 1 aromatic rings. The Morgan fingerprint density at radius 3 is 1.92 bits per heavy atom. The highest BCUT2D eigenvalue weighted by molar-refractivity contribution is 7.99. The second kappa shape index (κ2) is 17.4. The van der Waals surface area contributed by atoms with Crippen molar-refractivity contribution in [3.63, 3.8) is 0 Å². The number of carbonyl (C=O) groups is 6. The van der Waals surface area contributed by atoms with Gasteiger partial charge in [0, 0.05) is 29.4 Å². The minimum atomic E-state index is -1.44. The van der Waals surface area contributed by atoms with Crippen molar-refractivity contribution in [3.05, 3.63) is 69.8 Å². The van der Waals surface area contributed by atoms with E-state index in [-0.39, 0.29) is 29.8 Å². The standard InChI is InChI=1S/C41H56N4O7S/c1-23(2)16-32(37(49)43-29(20-46)19-28-12-10-9-11-13-28)44-38(50)33(17-24(3)4)45-39(51)34(42-27(7)47)22-53-21-31-25(5)18-30-35(31)26(6)41(14-15-41)40(8,52)36(30)48/h9-13,18,20,23-24,29,32-34,52H,14-17,19,21-22H2,1-8H3,(H,42,47)(H,43,49)(H,44,50)(H,45,51)/t29?,32?,33?,34?,40-/m0/s1. The van der Waals surface area contributed by atoms with Crippen molar-refractivity contribution in [2.24, 2.45) is 17.3 Å². The molecule has 5 N–H and O–H groups in total. The van der Waals surface area contributed by atoms with Gasteiger partial charge in [-0.05, 0) is 93.1 Å². The monoisotopic (exact) mass is 748 g/mol. The Hall–Kier alpha value is -4.03. The maximum absolute atomic E-state index is 13.8. The van der Waals surface area contributed by atoms with E-state index in [0.717, 1.165) is 40.7 Å². The summed E-state index contributed by atoms with van der Waals surface area (Å²) in [6, 6.07) is 5.63. The van der Waals surface area contributed by atoms with E-state index in [2.05, 4.69) is 21.3 Å². The van der Waals surface area contributed by atoms with Crippen LogP contribution in [0.3, 0.4) is 0 Å². The summed E-state index contributed by atoms with van der Waals surface area (Å²) < 4.78 is 0. The number of hydrogen-bond donors (Lipinski definition) is 5. The normalized spacial score (nSPS) is 21.1. The summed E-state index contributed by atoms with van der Waals surface area (Å²) in [6.07, 6.45) is 4.92. The molecule has 4 unspecified atom stereocenters. The molecule has 11 nitrogen and oxygen atoms in total. The van der Waals surface area contributed by atoms with Gasteiger partial charge in [0.2, 0.25) is 23.6 Å². The number of Topliss-reactive ketones (excluding diaryl/α,β-unsaturated/α-hetero) is 1. The van der Waals surface area contributed by atoms with E-state index < -0.39 is 58.8 Å². The van der Waals surface area contributed by atoms with Gasteiger partial charge in [-0.1, -0.05) is 63.6 Å². The van der Waals surface area contributed by atoms with Gasteiger partial charge >= 0.3 is 0 Å². The summed E-state index contributed by atoms with van der Waals surface area (Å²) in [6.45, 7) is 14.6.